The van der Waals surface area contributed by atoms with Gasteiger partial charge in [-0.15, -0.1) is 11.6 Å². The van der Waals surface area contributed by atoms with Crippen LogP contribution in [0.3, 0.4) is 0 Å². The van der Waals surface area contributed by atoms with E-state index >= 15 is 0 Å². The molecule has 2 unspecified atom stereocenters. The van der Waals surface area contributed by atoms with Crippen LogP contribution in [0.15, 0.2) is 12.1 Å². The second-order valence-electron chi connectivity index (χ2n) is 4.73. The van der Waals surface area contributed by atoms with E-state index in [2.05, 4.69) is 5.32 Å². The van der Waals surface area contributed by atoms with Gasteiger partial charge in [0.1, 0.15) is 23.0 Å². The highest BCUT2D eigenvalue weighted by atomic mass is 35.5. The number of amides is 1. The van der Waals surface area contributed by atoms with Crippen molar-refractivity contribution in [1.82, 2.24) is 5.32 Å². The second-order valence-corrected chi connectivity index (χ2v) is 5.35. The highest BCUT2D eigenvalue weighted by Crippen LogP contribution is 2.28. The van der Waals surface area contributed by atoms with Crippen molar-refractivity contribution < 1.29 is 18.0 Å². The summed E-state index contributed by atoms with van der Waals surface area (Å²) in [5.41, 5.74) is -0.748. The Labute approximate surface area is 113 Å². The lowest BCUT2D eigenvalue weighted by Crippen LogP contribution is -2.30. The molecule has 2 atom stereocenters. The Hall–Kier alpha value is -1.23. The number of hydrogen-bond donors (Lipinski definition) is 1. The fourth-order valence-electron chi connectivity index (χ4n) is 2.28. The van der Waals surface area contributed by atoms with Crippen LogP contribution in [0.5, 0.6) is 0 Å². The lowest BCUT2D eigenvalue weighted by Gasteiger charge is -2.11. The Morgan fingerprint density at radius 2 is 1.89 bits per heavy atom. The molecule has 1 aliphatic carbocycles. The van der Waals surface area contributed by atoms with Gasteiger partial charge in [-0.3, -0.25) is 4.79 Å². The van der Waals surface area contributed by atoms with Gasteiger partial charge in [-0.25, -0.2) is 13.2 Å². The molecular weight excluding hydrogens is 279 g/mol. The van der Waals surface area contributed by atoms with Crippen molar-refractivity contribution in [1.29, 1.82) is 0 Å². The van der Waals surface area contributed by atoms with Crippen LogP contribution in [-0.2, 0) is 0 Å². The van der Waals surface area contributed by atoms with Crippen LogP contribution in [0.2, 0.25) is 0 Å². The molecule has 0 saturated heterocycles. The number of halogens is 4. The third-order valence-corrected chi connectivity index (χ3v) is 3.66. The first-order valence-corrected chi connectivity index (χ1v) is 6.48. The van der Waals surface area contributed by atoms with Crippen molar-refractivity contribution in [3.63, 3.8) is 0 Å². The maximum absolute atomic E-state index is 13.4. The molecule has 104 valence electrons. The van der Waals surface area contributed by atoms with Crippen LogP contribution in [0.4, 0.5) is 13.2 Å². The van der Waals surface area contributed by atoms with Gasteiger partial charge in [0.2, 0.25) is 0 Å². The van der Waals surface area contributed by atoms with Crippen LogP contribution < -0.4 is 5.32 Å². The van der Waals surface area contributed by atoms with Crippen molar-refractivity contribution in [2.45, 2.75) is 24.6 Å². The van der Waals surface area contributed by atoms with Crippen LogP contribution in [-0.4, -0.2) is 17.8 Å². The van der Waals surface area contributed by atoms with E-state index in [9.17, 15) is 18.0 Å². The number of carbonyl (C=O) groups is 1. The maximum Gasteiger partial charge on any atom is 0.257 e. The summed E-state index contributed by atoms with van der Waals surface area (Å²) < 4.78 is 39.4. The minimum absolute atomic E-state index is 0.0983. The molecule has 0 radical (unpaired) electrons. The molecule has 6 heteroatoms. The molecule has 0 bridgehead atoms. The Morgan fingerprint density at radius 3 is 2.42 bits per heavy atom. The Morgan fingerprint density at radius 1 is 1.26 bits per heavy atom. The van der Waals surface area contributed by atoms with Crippen LogP contribution in [0, 0.1) is 23.4 Å². The largest absolute Gasteiger partial charge is 0.352 e. The van der Waals surface area contributed by atoms with Crippen LogP contribution >= 0.6 is 11.6 Å². The normalized spacial score (nSPS) is 22.5. The smallest absolute Gasteiger partial charge is 0.257 e. The van der Waals surface area contributed by atoms with Crippen molar-refractivity contribution in [2.24, 2.45) is 5.92 Å². The van der Waals surface area contributed by atoms with Crippen molar-refractivity contribution >= 4 is 17.5 Å². The monoisotopic (exact) mass is 291 g/mol. The fraction of sp³-hybridized carbons (Fsp3) is 0.462. The summed E-state index contributed by atoms with van der Waals surface area (Å²) >= 11 is 5.93. The quantitative estimate of drug-likeness (QED) is 0.851. The molecule has 1 N–H and O–H groups in total. The van der Waals surface area contributed by atoms with Gasteiger partial charge in [-0.05, 0) is 25.2 Å². The van der Waals surface area contributed by atoms with Crippen molar-refractivity contribution in [3.8, 4) is 0 Å². The van der Waals surface area contributed by atoms with Crippen LogP contribution in [0.25, 0.3) is 0 Å². The average Bonchev–Trinajstić information content (AvgIpc) is 2.71. The fourth-order valence-corrected chi connectivity index (χ4v) is 2.66. The topological polar surface area (TPSA) is 29.1 Å². The second kappa shape index (κ2) is 5.82. The van der Waals surface area contributed by atoms with Crippen LogP contribution in [0.1, 0.15) is 29.6 Å². The van der Waals surface area contributed by atoms with E-state index in [1.165, 1.54) is 0 Å². The molecule has 0 heterocycles. The first-order chi connectivity index (χ1) is 8.97. The van der Waals surface area contributed by atoms with Gasteiger partial charge in [0, 0.05) is 24.1 Å². The van der Waals surface area contributed by atoms with E-state index < -0.39 is 28.9 Å². The number of alkyl halides is 1. The van der Waals surface area contributed by atoms with Gasteiger partial charge >= 0.3 is 0 Å². The SMILES string of the molecule is O=C(NCC1CCC(Cl)C1)c1c(F)cc(F)cc1F. The third kappa shape index (κ3) is 3.41. The summed E-state index contributed by atoms with van der Waals surface area (Å²) in [5.74, 6) is -4.09. The molecule has 2 nitrogen and oxygen atoms in total. The minimum Gasteiger partial charge on any atom is -0.352 e. The zero-order valence-corrected chi connectivity index (χ0v) is 10.8. The van der Waals surface area contributed by atoms with Crippen molar-refractivity contribution in [3.05, 3.63) is 35.1 Å². The van der Waals surface area contributed by atoms with Gasteiger partial charge in [-0.1, -0.05) is 0 Å². The van der Waals surface area contributed by atoms with E-state index in [0.29, 0.717) is 18.7 Å². The first-order valence-electron chi connectivity index (χ1n) is 6.04. The van der Waals surface area contributed by atoms with Gasteiger partial charge in [0.25, 0.3) is 5.91 Å². The summed E-state index contributed by atoms with van der Waals surface area (Å²) in [4.78, 5) is 11.7. The van der Waals surface area contributed by atoms with Gasteiger partial charge < -0.3 is 5.32 Å². The predicted molar refractivity (Wildman–Crippen MR) is 65.6 cm³/mol. The highest BCUT2D eigenvalue weighted by Gasteiger charge is 2.24. The molecule has 1 amide bonds. The number of nitrogens with one attached hydrogen (secondary N) is 1. The molecule has 1 aliphatic rings. The third-order valence-electron chi connectivity index (χ3n) is 3.26. The van der Waals surface area contributed by atoms with E-state index in [-0.39, 0.29) is 11.3 Å². The molecule has 0 aliphatic heterocycles. The molecule has 0 spiro atoms. The summed E-state index contributed by atoms with van der Waals surface area (Å²) in [5, 5.41) is 2.56. The number of hydrogen-bond acceptors (Lipinski definition) is 1. The summed E-state index contributed by atoms with van der Waals surface area (Å²) in [6.45, 7) is 0.318. The first kappa shape index (κ1) is 14.2. The van der Waals surface area contributed by atoms with E-state index in [0.717, 1.165) is 19.3 Å². The standard InChI is InChI=1S/C13H13ClF3NO/c14-8-2-1-7(3-8)6-18-13(19)12-10(16)4-9(15)5-11(12)17/h4-5,7-8H,1-3,6H2,(H,18,19). The van der Waals surface area contributed by atoms with Crippen molar-refractivity contribution in [2.75, 3.05) is 6.54 Å². The molecule has 1 saturated carbocycles. The maximum atomic E-state index is 13.4. The Kier molecular flexibility index (Phi) is 4.34. The number of carbonyl (C=O) groups excluding carboxylic acids is 1. The zero-order chi connectivity index (χ0) is 14.0. The molecule has 2 rings (SSSR count). The van der Waals surface area contributed by atoms with E-state index in [1.54, 1.807) is 0 Å². The van der Waals surface area contributed by atoms with Gasteiger partial charge in [0.15, 0.2) is 0 Å². The molecule has 0 aromatic heterocycles. The lowest BCUT2D eigenvalue weighted by molar-refractivity contribution is 0.0938. The van der Waals surface area contributed by atoms with Gasteiger partial charge in [0.05, 0.1) is 0 Å². The zero-order valence-electron chi connectivity index (χ0n) is 10.1. The Balaban J connectivity index is 2.00. The molecule has 1 fully saturated rings. The van der Waals surface area contributed by atoms with E-state index in [4.69, 9.17) is 11.6 Å². The summed E-state index contributed by atoms with van der Waals surface area (Å²) in [7, 11) is 0. The highest BCUT2D eigenvalue weighted by molar-refractivity contribution is 6.20. The molecule has 1 aromatic rings. The Bertz CT molecular complexity index is 472. The lowest BCUT2D eigenvalue weighted by atomic mass is 10.1. The van der Waals surface area contributed by atoms with E-state index in [1.807, 2.05) is 0 Å². The average molecular weight is 292 g/mol. The number of benzene rings is 1. The molecular formula is C13H13ClF3NO. The molecule has 19 heavy (non-hydrogen) atoms. The minimum atomic E-state index is -1.20. The summed E-state index contributed by atoms with van der Waals surface area (Å²) in [6, 6.07) is 0.977. The summed E-state index contributed by atoms with van der Waals surface area (Å²) in [6.07, 6.45) is 2.53. The number of rotatable bonds is 3. The predicted octanol–water partition coefficient (Wildman–Crippen LogP) is 3.24. The molecule has 1 aromatic carbocycles. The van der Waals surface area contributed by atoms with Gasteiger partial charge in [-0.2, -0.15) is 0 Å².